The van der Waals surface area contributed by atoms with Crippen LogP contribution in [-0.2, 0) is 0 Å². The van der Waals surface area contributed by atoms with Crippen molar-refractivity contribution in [1.82, 2.24) is 0 Å². The zero-order chi connectivity index (χ0) is 8.20. The lowest BCUT2D eigenvalue weighted by Crippen LogP contribution is -2.59. The average molecular weight is 144 g/mol. The Balaban J connectivity index is 3.75. The third-order valence-electron chi connectivity index (χ3n) is 1.45. The normalized spacial score (nSPS) is 11.5. The lowest BCUT2D eigenvalue weighted by Gasteiger charge is -2.21. The van der Waals surface area contributed by atoms with Crippen LogP contribution in [0.3, 0.4) is 0 Å². The molecule has 0 aliphatic rings. The second kappa shape index (κ2) is 3.53. The Morgan fingerprint density at radius 1 is 1.50 bits per heavy atom. The zero-order valence-electron chi connectivity index (χ0n) is 6.35. The Hall–Kier alpha value is -0.610. The number of nitrogens with two attached hydrogens (primary N) is 3. The molecule has 0 aromatic rings. The molecule has 10 heavy (non-hydrogen) atoms. The van der Waals surface area contributed by atoms with E-state index in [1.165, 1.54) is 0 Å². The van der Waals surface area contributed by atoms with E-state index in [9.17, 15) is 0 Å². The Labute approximate surface area is 61.3 Å². The minimum atomic E-state index is -1.09. The predicted octanol–water partition coefficient (Wildman–Crippen LogP) is -0.274. The van der Waals surface area contributed by atoms with Gasteiger partial charge in [-0.2, -0.15) is 0 Å². The molecule has 4 heteroatoms. The zero-order valence-corrected chi connectivity index (χ0v) is 6.35. The summed E-state index contributed by atoms with van der Waals surface area (Å²) in [6.45, 7) is 2.04. The molecule has 0 radical (unpaired) electrons. The first-order valence-electron chi connectivity index (χ1n) is 3.43. The molecule has 4 nitrogen and oxygen atoms in total. The fraction of sp³-hybridized carbons (Fsp3) is 0.833. The number of rotatable bonds is 4. The molecule has 0 heterocycles. The largest absolute Gasteiger partial charge is 0.385 e. The van der Waals surface area contributed by atoms with Gasteiger partial charge in [-0.1, -0.05) is 19.8 Å². The van der Waals surface area contributed by atoms with Crippen LogP contribution in [0.1, 0.15) is 26.2 Å². The first-order valence-corrected chi connectivity index (χ1v) is 3.43. The van der Waals surface area contributed by atoms with Crippen molar-refractivity contribution in [3.05, 3.63) is 0 Å². The van der Waals surface area contributed by atoms with Crippen LogP contribution in [0.2, 0.25) is 0 Å². The molecule has 60 valence electrons. The van der Waals surface area contributed by atoms with Gasteiger partial charge in [-0.25, -0.2) is 0 Å². The van der Waals surface area contributed by atoms with Crippen molar-refractivity contribution in [1.29, 1.82) is 5.41 Å². The van der Waals surface area contributed by atoms with Crippen LogP contribution >= 0.6 is 0 Å². The molecule has 0 fully saturated rings. The van der Waals surface area contributed by atoms with Crippen molar-refractivity contribution in [3.63, 3.8) is 0 Å². The molecule has 0 amide bonds. The van der Waals surface area contributed by atoms with Gasteiger partial charge >= 0.3 is 0 Å². The van der Waals surface area contributed by atoms with E-state index in [1.807, 2.05) is 6.92 Å². The molecule has 0 rings (SSSR count). The van der Waals surface area contributed by atoms with Gasteiger partial charge in [-0.15, -0.1) is 0 Å². The summed E-state index contributed by atoms with van der Waals surface area (Å²) in [6, 6.07) is 0. The van der Waals surface area contributed by atoms with E-state index >= 15 is 0 Å². The van der Waals surface area contributed by atoms with Crippen molar-refractivity contribution in [2.24, 2.45) is 17.2 Å². The summed E-state index contributed by atoms with van der Waals surface area (Å²) in [5.41, 5.74) is 15.0. The minimum absolute atomic E-state index is 0.138. The Kier molecular flexibility index (Phi) is 3.32. The van der Waals surface area contributed by atoms with E-state index in [0.29, 0.717) is 6.42 Å². The second-order valence-corrected chi connectivity index (χ2v) is 2.56. The predicted molar refractivity (Wildman–Crippen MR) is 42.5 cm³/mol. The van der Waals surface area contributed by atoms with E-state index in [0.717, 1.165) is 12.8 Å². The molecular formula is C6H16N4. The fourth-order valence-electron chi connectivity index (χ4n) is 0.604. The molecule has 0 saturated heterocycles. The van der Waals surface area contributed by atoms with Crippen LogP contribution in [0.15, 0.2) is 0 Å². The van der Waals surface area contributed by atoms with Gasteiger partial charge in [0.1, 0.15) is 11.5 Å². The third-order valence-corrected chi connectivity index (χ3v) is 1.45. The Morgan fingerprint density at radius 3 is 2.30 bits per heavy atom. The van der Waals surface area contributed by atoms with Gasteiger partial charge in [0.15, 0.2) is 0 Å². The number of hydrogen-bond donors (Lipinski definition) is 4. The highest BCUT2D eigenvalue weighted by atomic mass is 15.0. The Bertz CT molecular complexity index is 119. The van der Waals surface area contributed by atoms with E-state index in [-0.39, 0.29) is 5.84 Å². The molecule has 0 spiro atoms. The second-order valence-electron chi connectivity index (χ2n) is 2.56. The van der Waals surface area contributed by atoms with Crippen LogP contribution in [-0.4, -0.2) is 11.5 Å². The monoisotopic (exact) mass is 144 g/mol. The third kappa shape index (κ3) is 2.80. The van der Waals surface area contributed by atoms with Crippen molar-refractivity contribution in [2.45, 2.75) is 31.8 Å². The van der Waals surface area contributed by atoms with Crippen LogP contribution in [0.4, 0.5) is 0 Å². The summed E-state index contributed by atoms with van der Waals surface area (Å²) >= 11 is 0. The highest BCUT2D eigenvalue weighted by Crippen LogP contribution is 2.03. The Morgan fingerprint density at radius 2 is 2.00 bits per heavy atom. The van der Waals surface area contributed by atoms with Crippen LogP contribution in [0, 0.1) is 5.41 Å². The van der Waals surface area contributed by atoms with Crippen LogP contribution in [0.5, 0.6) is 0 Å². The average Bonchev–Trinajstić information content (AvgIpc) is 1.84. The molecule has 0 aliphatic carbocycles. The molecule has 0 unspecified atom stereocenters. The molecule has 0 saturated carbocycles. The highest BCUT2D eigenvalue weighted by Gasteiger charge is 2.21. The topological polar surface area (TPSA) is 102 Å². The van der Waals surface area contributed by atoms with Gasteiger partial charge in [0.25, 0.3) is 0 Å². The van der Waals surface area contributed by atoms with Gasteiger partial charge < -0.3 is 17.2 Å². The standard InChI is InChI=1S/C6H16N4/c1-2-3-4-6(9,10)5(7)8/h2-4,9-10H2,1H3,(H3,7,8). The number of hydrogen-bond acceptors (Lipinski definition) is 3. The van der Waals surface area contributed by atoms with Crippen molar-refractivity contribution >= 4 is 5.84 Å². The smallest absolute Gasteiger partial charge is 0.126 e. The molecule has 7 N–H and O–H groups in total. The van der Waals surface area contributed by atoms with Gasteiger partial charge in [-0.3, -0.25) is 5.41 Å². The van der Waals surface area contributed by atoms with Crippen LogP contribution < -0.4 is 17.2 Å². The summed E-state index contributed by atoms with van der Waals surface area (Å²) in [5.74, 6) is -0.138. The summed E-state index contributed by atoms with van der Waals surface area (Å²) in [6.07, 6.45) is 2.51. The maximum absolute atomic E-state index is 7.00. The first kappa shape index (κ1) is 9.39. The molecule has 0 aliphatic heterocycles. The molecule has 0 aromatic heterocycles. The van der Waals surface area contributed by atoms with Crippen molar-refractivity contribution < 1.29 is 0 Å². The molecule has 0 atom stereocenters. The van der Waals surface area contributed by atoms with E-state index < -0.39 is 5.66 Å². The van der Waals surface area contributed by atoms with Gasteiger partial charge in [0, 0.05) is 0 Å². The SMILES string of the molecule is CCCCC(N)(N)C(=N)N. The minimum Gasteiger partial charge on any atom is -0.385 e. The number of amidine groups is 1. The van der Waals surface area contributed by atoms with Gasteiger partial charge in [0.05, 0.1) is 0 Å². The highest BCUT2D eigenvalue weighted by molar-refractivity contribution is 5.86. The number of unbranched alkanes of at least 4 members (excludes halogenated alkanes) is 1. The van der Waals surface area contributed by atoms with Crippen molar-refractivity contribution in [3.8, 4) is 0 Å². The summed E-state index contributed by atoms with van der Waals surface area (Å²) < 4.78 is 0. The number of nitrogens with one attached hydrogen (secondary N) is 1. The quantitative estimate of drug-likeness (QED) is 0.248. The van der Waals surface area contributed by atoms with E-state index in [1.54, 1.807) is 0 Å². The maximum atomic E-state index is 7.00. The summed E-state index contributed by atoms with van der Waals surface area (Å²) in [4.78, 5) is 0. The molecule has 0 aromatic carbocycles. The fourth-order valence-corrected chi connectivity index (χ4v) is 0.604. The lowest BCUT2D eigenvalue weighted by atomic mass is 10.0. The lowest BCUT2D eigenvalue weighted by molar-refractivity contribution is 0.507. The van der Waals surface area contributed by atoms with E-state index in [4.69, 9.17) is 22.6 Å². The molecular weight excluding hydrogens is 128 g/mol. The first-order chi connectivity index (χ1) is 4.50. The van der Waals surface area contributed by atoms with Gasteiger partial charge in [-0.05, 0) is 6.42 Å². The van der Waals surface area contributed by atoms with Gasteiger partial charge in [0.2, 0.25) is 0 Å². The van der Waals surface area contributed by atoms with E-state index in [2.05, 4.69) is 0 Å². The van der Waals surface area contributed by atoms with Crippen LogP contribution in [0.25, 0.3) is 0 Å². The maximum Gasteiger partial charge on any atom is 0.126 e. The van der Waals surface area contributed by atoms with Crippen molar-refractivity contribution in [2.75, 3.05) is 0 Å². The summed E-state index contributed by atoms with van der Waals surface area (Å²) in [5, 5.41) is 7.00. The molecule has 0 bridgehead atoms. The summed E-state index contributed by atoms with van der Waals surface area (Å²) in [7, 11) is 0.